The standard InChI is InChI=1S/C16H12N4O5/c1-10-14(8-13(19(22)23)9-15(10)20(24)25)16(21)18-12-4-2-11(3-5-12)6-7-17/h2-5,8-9H,6H2,1H3,(H,18,21). The number of benzene rings is 2. The second-order valence-corrected chi connectivity index (χ2v) is 5.14. The molecule has 0 radical (unpaired) electrons. The van der Waals surface area contributed by atoms with Gasteiger partial charge in [-0.1, -0.05) is 12.1 Å². The Morgan fingerprint density at radius 3 is 2.32 bits per heavy atom. The van der Waals surface area contributed by atoms with Gasteiger partial charge in [-0.2, -0.15) is 5.26 Å². The minimum absolute atomic E-state index is 0.0363. The SMILES string of the molecule is Cc1c(C(=O)Nc2ccc(CC#N)cc2)cc([N+](=O)[O-])cc1[N+](=O)[O-]. The van der Waals surface area contributed by atoms with E-state index in [9.17, 15) is 25.0 Å². The third-order valence-electron chi connectivity index (χ3n) is 3.51. The molecule has 2 aromatic rings. The summed E-state index contributed by atoms with van der Waals surface area (Å²) >= 11 is 0. The molecule has 0 saturated heterocycles. The van der Waals surface area contributed by atoms with Crippen molar-refractivity contribution in [1.82, 2.24) is 0 Å². The van der Waals surface area contributed by atoms with E-state index < -0.39 is 27.1 Å². The lowest BCUT2D eigenvalue weighted by Crippen LogP contribution is -2.14. The third kappa shape index (κ3) is 3.94. The Labute approximate surface area is 141 Å². The van der Waals surface area contributed by atoms with E-state index in [0.717, 1.165) is 17.7 Å². The maximum atomic E-state index is 12.4. The van der Waals surface area contributed by atoms with Crippen LogP contribution in [0, 0.1) is 38.5 Å². The molecular weight excluding hydrogens is 328 g/mol. The van der Waals surface area contributed by atoms with Gasteiger partial charge >= 0.3 is 0 Å². The van der Waals surface area contributed by atoms with Gasteiger partial charge in [0.25, 0.3) is 17.3 Å². The lowest BCUT2D eigenvalue weighted by atomic mass is 10.0. The van der Waals surface area contributed by atoms with Crippen LogP contribution in [-0.4, -0.2) is 15.8 Å². The number of nitro groups is 2. The summed E-state index contributed by atoms with van der Waals surface area (Å²) in [5.74, 6) is -0.697. The summed E-state index contributed by atoms with van der Waals surface area (Å²) in [7, 11) is 0. The summed E-state index contributed by atoms with van der Waals surface area (Å²) in [4.78, 5) is 32.8. The first kappa shape index (κ1) is 17.6. The van der Waals surface area contributed by atoms with Crippen molar-refractivity contribution < 1.29 is 14.6 Å². The second-order valence-electron chi connectivity index (χ2n) is 5.14. The van der Waals surface area contributed by atoms with Crippen LogP contribution in [0.15, 0.2) is 36.4 Å². The van der Waals surface area contributed by atoms with Crippen LogP contribution in [0.25, 0.3) is 0 Å². The molecule has 1 amide bonds. The van der Waals surface area contributed by atoms with Crippen molar-refractivity contribution >= 4 is 23.0 Å². The number of amides is 1. The van der Waals surface area contributed by atoms with Crippen molar-refractivity contribution in [1.29, 1.82) is 5.26 Å². The number of non-ortho nitro benzene ring substituents is 1. The molecule has 1 N–H and O–H groups in total. The highest BCUT2D eigenvalue weighted by molar-refractivity contribution is 6.06. The van der Waals surface area contributed by atoms with Crippen molar-refractivity contribution in [3.05, 3.63) is 73.3 Å². The molecule has 0 aromatic heterocycles. The molecule has 0 spiro atoms. The molecule has 0 bridgehead atoms. The highest BCUT2D eigenvalue weighted by atomic mass is 16.6. The van der Waals surface area contributed by atoms with Gasteiger partial charge in [0.05, 0.1) is 34.0 Å². The second kappa shape index (κ2) is 7.18. The van der Waals surface area contributed by atoms with Gasteiger partial charge in [0.15, 0.2) is 0 Å². The van der Waals surface area contributed by atoms with E-state index in [4.69, 9.17) is 5.26 Å². The smallest absolute Gasteiger partial charge is 0.279 e. The highest BCUT2D eigenvalue weighted by Gasteiger charge is 2.24. The number of anilines is 1. The molecule has 0 aliphatic rings. The largest absolute Gasteiger partial charge is 0.322 e. The zero-order valence-electron chi connectivity index (χ0n) is 13.1. The Hall–Kier alpha value is -3.80. The first-order valence-corrected chi connectivity index (χ1v) is 7.04. The summed E-state index contributed by atoms with van der Waals surface area (Å²) in [6.45, 7) is 1.35. The minimum Gasteiger partial charge on any atom is -0.322 e. The van der Waals surface area contributed by atoms with Gasteiger partial charge in [0, 0.05) is 17.3 Å². The fourth-order valence-electron chi connectivity index (χ4n) is 2.21. The van der Waals surface area contributed by atoms with Crippen LogP contribution in [-0.2, 0) is 6.42 Å². The van der Waals surface area contributed by atoms with Crippen LogP contribution in [0.3, 0.4) is 0 Å². The number of nitro benzene ring substituents is 2. The molecular formula is C16H12N4O5. The van der Waals surface area contributed by atoms with Gasteiger partial charge < -0.3 is 5.32 Å². The molecule has 2 aromatic carbocycles. The molecule has 0 unspecified atom stereocenters. The molecule has 0 saturated carbocycles. The van der Waals surface area contributed by atoms with Gasteiger partial charge in [0.1, 0.15) is 0 Å². The first-order valence-electron chi connectivity index (χ1n) is 7.04. The fourth-order valence-corrected chi connectivity index (χ4v) is 2.21. The summed E-state index contributed by atoms with van der Waals surface area (Å²) in [6.07, 6.45) is 0.227. The summed E-state index contributed by atoms with van der Waals surface area (Å²) in [5, 5.41) is 33.2. The van der Waals surface area contributed by atoms with E-state index in [1.165, 1.54) is 6.92 Å². The maximum Gasteiger partial charge on any atom is 0.279 e. The summed E-state index contributed by atoms with van der Waals surface area (Å²) < 4.78 is 0. The van der Waals surface area contributed by atoms with E-state index in [1.807, 2.05) is 6.07 Å². The number of rotatable bonds is 5. The Kier molecular flexibility index (Phi) is 5.04. The van der Waals surface area contributed by atoms with Crippen LogP contribution < -0.4 is 5.32 Å². The Bertz CT molecular complexity index is 900. The highest BCUT2D eigenvalue weighted by Crippen LogP contribution is 2.28. The van der Waals surface area contributed by atoms with E-state index in [0.29, 0.717) is 5.69 Å². The minimum atomic E-state index is -0.792. The quantitative estimate of drug-likeness (QED) is 0.655. The van der Waals surface area contributed by atoms with Gasteiger partial charge in [-0.3, -0.25) is 25.0 Å². The lowest BCUT2D eigenvalue weighted by molar-refractivity contribution is -0.394. The monoisotopic (exact) mass is 340 g/mol. The maximum absolute atomic E-state index is 12.4. The number of nitriles is 1. The molecule has 0 heterocycles. The van der Waals surface area contributed by atoms with Gasteiger partial charge in [-0.05, 0) is 24.6 Å². The molecule has 0 atom stereocenters. The molecule has 2 rings (SSSR count). The number of hydrogen-bond acceptors (Lipinski definition) is 6. The van der Waals surface area contributed by atoms with Crippen molar-refractivity contribution in [2.45, 2.75) is 13.3 Å². The molecule has 0 fully saturated rings. The molecule has 126 valence electrons. The fraction of sp³-hybridized carbons (Fsp3) is 0.125. The van der Waals surface area contributed by atoms with Crippen molar-refractivity contribution in [3.63, 3.8) is 0 Å². The first-order chi connectivity index (χ1) is 11.8. The van der Waals surface area contributed by atoms with Gasteiger partial charge in [0.2, 0.25) is 0 Å². The average Bonchev–Trinajstić information content (AvgIpc) is 2.56. The van der Waals surface area contributed by atoms with Crippen LogP contribution in [0.1, 0.15) is 21.5 Å². The van der Waals surface area contributed by atoms with E-state index >= 15 is 0 Å². The average molecular weight is 340 g/mol. The zero-order chi connectivity index (χ0) is 18.6. The number of hydrogen-bond donors (Lipinski definition) is 1. The lowest BCUT2D eigenvalue weighted by Gasteiger charge is -2.08. The number of nitrogens with one attached hydrogen (secondary N) is 1. The van der Waals surface area contributed by atoms with Crippen LogP contribution in [0.5, 0.6) is 0 Å². The summed E-state index contributed by atoms with van der Waals surface area (Å²) in [5.41, 5.74) is 0.0228. The number of carbonyl (C=O) groups excluding carboxylic acids is 1. The molecule has 0 aliphatic carbocycles. The van der Waals surface area contributed by atoms with E-state index in [-0.39, 0.29) is 17.5 Å². The summed E-state index contributed by atoms with van der Waals surface area (Å²) in [6, 6.07) is 10.3. The van der Waals surface area contributed by atoms with Gasteiger partial charge in [-0.15, -0.1) is 0 Å². The van der Waals surface area contributed by atoms with E-state index in [2.05, 4.69) is 5.32 Å². The van der Waals surface area contributed by atoms with Gasteiger partial charge in [-0.25, -0.2) is 0 Å². The topological polar surface area (TPSA) is 139 Å². The van der Waals surface area contributed by atoms with Crippen molar-refractivity contribution in [2.24, 2.45) is 0 Å². The molecule has 9 heteroatoms. The molecule has 9 nitrogen and oxygen atoms in total. The van der Waals surface area contributed by atoms with Crippen molar-refractivity contribution in [2.75, 3.05) is 5.32 Å². The van der Waals surface area contributed by atoms with Crippen LogP contribution >= 0.6 is 0 Å². The molecule has 0 aliphatic heterocycles. The Balaban J connectivity index is 2.36. The Morgan fingerprint density at radius 1 is 1.16 bits per heavy atom. The van der Waals surface area contributed by atoms with Crippen LogP contribution in [0.4, 0.5) is 17.1 Å². The van der Waals surface area contributed by atoms with E-state index in [1.54, 1.807) is 24.3 Å². The molecule has 25 heavy (non-hydrogen) atoms. The number of nitrogens with zero attached hydrogens (tertiary/aromatic N) is 3. The van der Waals surface area contributed by atoms with Crippen LogP contribution in [0.2, 0.25) is 0 Å². The van der Waals surface area contributed by atoms with Crippen molar-refractivity contribution in [3.8, 4) is 6.07 Å². The predicted molar refractivity (Wildman–Crippen MR) is 88.2 cm³/mol. The number of carbonyl (C=O) groups is 1. The predicted octanol–water partition coefficient (Wildman–Crippen LogP) is 3.13. The normalized spacial score (nSPS) is 9.92. The Morgan fingerprint density at radius 2 is 1.80 bits per heavy atom. The third-order valence-corrected chi connectivity index (χ3v) is 3.51. The zero-order valence-corrected chi connectivity index (χ0v) is 13.1.